The number of carboxylic acids is 2. The summed E-state index contributed by atoms with van der Waals surface area (Å²) in [6, 6.07) is 0. The molecule has 2 aliphatic heterocycles. The zero-order valence-corrected chi connectivity index (χ0v) is 12.3. The van der Waals surface area contributed by atoms with Crippen molar-refractivity contribution in [3.8, 4) is 0 Å². The fraction of sp³-hybridized carbons (Fsp3) is 0.385. The van der Waals surface area contributed by atoms with Crippen molar-refractivity contribution in [3.05, 3.63) is 29.5 Å². The van der Waals surface area contributed by atoms with E-state index in [-0.39, 0.29) is 17.0 Å². The van der Waals surface area contributed by atoms with Crippen LogP contribution in [0, 0.1) is 0 Å². The van der Waals surface area contributed by atoms with Crippen molar-refractivity contribution in [2.45, 2.75) is 18.3 Å². The molecule has 0 saturated carbocycles. The topological polar surface area (TPSA) is 117 Å². The Morgan fingerprint density at radius 2 is 2.18 bits per heavy atom. The van der Waals surface area contributed by atoms with Crippen molar-refractivity contribution in [2.24, 2.45) is 4.99 Å². The second kappa shape index (κ2) is 5.93. The summed E-state index contributed by atoms with van der Waals surface area (Å²) in [5.74, 6) is -1.26. The van der Waals surface area contributed by atoms with Gasteiger partial charge >= 0.3 is 11.9 Å². The van der Waals surface area contributed by atoms with E-state index in [0.29, 0.717) is 12.2 Å². The summed E-state index contributed by atoms with van der Waals surface area (Å²) >= 11 is 1.22. The summed E-state index contributed by atoms with van der Waals surface area (Å²) < 4.78 is 2.00. The number of carbonyl (C=O) groups is 2. The molecule has 9 heteroatoms. The lowest BCUT2D eigenvalue weighted by Crippen LogP contribution is -2.27. The highest BCUT2D eigenvalue weighted by Gasteiger charge is 2.30. The minimum Gasteiger partial charge on any atom is -0.478 e. The van der Waals surface area contributed by atoms with E-state index in [1.165, 1.54) is 11.8 Å². The minimum absolute atomic E-state index is 0.0460. The van der Waals surface area contributed by atoms with Crippen LogP contribution in [0.25, 0.3) is 0 Å². The van der Waals surface area contributed by atoms with Crippen LogP contribution in [-0.4, -0.2) is 49.7 Å². The van der Waals surface area contributed by atoms with Gasteiger partial charge in [0.05, 0.1) is 23.1 Å². The van der Waals surface area contributed by atoms with E-state index in [9.17, 15) is 14.7 Å². The molecule has 22 heavy (non-hydrogen) atoms. The van der Waals surface area contributed by atoms with Crippen molar-refractivity contribution in [3.63, 3.8) is 0 Å². The van der Waals surface area contributed by atoms with Crippen LogP contribution in [0.4, 0.5) is 0 Å². The quantitative estimate of drug-likeness (QED) is 0.731. The highest BCUT2D eigenvalue weighted by molar-refractivity contribution is 8.00. The van der Waals surface area contributed by atoms with Crippen molar-refractivity contribution in [2.75, 3.05) is 12.3 Å². The average molecular weight is 322 g/mol. The molecule has 8 nitrogen and oxygen atoms in total. The predicted octanol–water partition coefficient (Wildman–Crippen LogP) is 0.268. The maximum absolute atomic E-state index is 11.5. The van der Waals surface area contributed by atoms with Gasteiger partial charge in [0.25, 0.3) is 0 Å². The number of thioether (sulfide) groups is 1. The molecule has 1 atom stereocenters. The number of imidazole rings is 1. The van der Waals surface area contributed by atoms with Gasteiger partial charge in [0, 0.05) is 31.2 Å². The van der Waals surface area contributed by atoms with Crippen molar-refractivity contribution >= 4 is 29.4 Å². The van der Waals surface area contributed by atoms with Crippen LogP contribution in [0.1, 0.15) is 16.8 Å². The van der Waals surface area contributed by atoms with Gasteiger partial charge in [-0.1, -0.05) is 0 Å². The number of hydrogen-bond acceptors (Lipinski definition) is 6. The van der Waals surface area contributed by atoms with Crippen LogP contribution in [0.2, 0.25) is 0 Å². The molecule has 1 aromatic rings. The van der Waals surface area contributed by atoms with Gasteiger partial charge in [-0.2, -0.15) is 0 Å². The van der Waals surface area contributed by atoms with Crippen molar-refractivity contribution in [1.82, 2.24) is 14.9 Å². The molecule has 0 bridgehead atoms. The Bertz CT molecular complexity index is 671. The number of nitrogens with one attached hydrogen (secondary N) is 1. The highest BCUT2D eigenvalue weighted by Crippen LogP contribution is 2.37. The molecule has 116 valence electrons. The second-order valence-corrected chi connectivity index (χ2v) is 6.01. The molecule has 0 fully saturated rings. The summed E-state index contributed by atoms with van der Waals surface area (Å²) in [5, 5.41) is 21.1. The van der Waals surface area contributed by atoms with Crippen molar-refractivity contribution < 1.29 is 19.8 Å². The monoisotopic (exact) mass is 322 g/mol. The Morgan fingerprint density at radius 3 is 2.86 bits per heavy atom. The molecule has 0 radical (unpaired) electrons. The molecule has 3 N–H and O–H groups in total. The molecule has 1 unspecified atom stereocenters. The van der Waals surface area contributed by atoms with E-state index < -0.39 is 17.2 Å². The lowest BCUT2D eigenvalue weighted by molar-refractivity contribution is -0.133. The number of rotatable bonds is 3. The normalized spacial score (nSPS) is 21.4. The first-order valence-corrected chi connectivity index (χ1v) is 7.72. The van der Waals surface area contributed by atoms with Gasteiger partial charge in [0.1, 0.15) is 11.5 Å². The zero-order valence-electron chi connectivity index (χ0n) is 11.5. The Labute approximate surface area is 129 Å². The smallest absolute Gasteiger partial charge is 0.351 e. The molecule has 3 heterocycles. The van der Waals surface area contributed by atoms with Crippen molar-refractivity contribution in [1.29, 1.82) is 0 Å². The number of aliphatic imine (C=N–C) groups is 1. The molecule has 0 spiro atoms. The number of fused-ring (bicyclic) bond motifs is 1. The molecule has 0 saturated heterocycles. The fourth-order valence-corrected chi connectivity index (χ4v) is 3.52. The molecule has 0 aliphatic carbocycles. The predicted molar refractivity (Wildman–Crippen MR) is 79.9 cm³/mol. The molecule has 0 amide bonds. The molecule has 3 rings (SSSR count). The van der Waals surface area contributed by atoms with E-state index in [4.69, 9.17) is 5.11 Å². The summed E-state index contributed by atoms with van der Waals surface area (Å²) in [4.78, 5) is 30.8. The summed E-state index contributed by atoms with van der Waals surface area (Å²) in [7, 11) is 0. The number of aliphatic carboxylic acids is 2. The number of nitrogens with zero attached hydrogens (tertiary/aromatic N) is 3. The van der Waals surface area contributed by atoms with Crippen LogP contribution in [-0.2, 0) is 22.7 Å². The van der Waals surface area contributed by atoms with Gasteiger partial charge < -0.3 is 20.1 Å². The Hall–Kier alpha value is -2.13. The largest absolute Gasteiger partial charge is 0.478 e. The molecule has 2 aliphatic rings. The third-order valence-electron chi connectivity index (χ3n) is 3.48. The minimum atomic E-state index is -1.14. The maximum atomic E-state index is 11.5. The van der Waals surface area contributed by atoms with E-state index >= 15 is 0 Å². The first-order chi connectivity index (χ1) is 10.6. The third kappa shape index (κ3) is 2.77. The van der Waals surface area contributed by atoms with Gasteiger partial charge in [-0.3, -0.25) is 4.99 Å². The first kappa shape index (κ1) is 14.8. The van der Waals surface area contributed by atoms with Crippen LogP contribution < -0.4 is 5.32 Å². The molecular weight excluding hydrogens is 308 g/mol. The van der Waals surface area contributed by atoms with E-state index in [1.807, 2.05) is 10.8 Å². The number of aromatic nitrogens is 2. The summed E-state index contributed by atoms with van der Waals surface area (Å²) in [6.45, 7) is 2.26. The standard InChI is InChI=1S/C13H14N4O4S/c18-12(19)7-3-15-9(13(20)21)6-22-11(7)8-5-17-2-1-14-4-10(17)16-8/h3,5,11,14H,1-2,4,6H2,(H,18,19)(H,20,21). The molecular formula is C13H14N4O4S. The lowest BCUT2D eigenvalue weighted by atomic mass is 10.1. The number of carboxylic acid groups (broad SMARTS) is 2. The Balaban J connectivity index is 1.94. The SMILES string of the molecule is O=C(O)C1=CN=C(C(=O)O)CSC1c1cn2c(n1)CNCC2. The zero-order chi connectivity index (χ0) is 15.7. The first-order valence-electron chi connectivity index (χ1n) is 6.68. The highest BCUT2D eigenvalue weighted by atomic mass is 32.2. The van der Waals surface area contributed by atoms with Crippen LogP contribution in [0.15, 0.2) is 23.0 Å². The second-order valence-electron chi connectivity index (χ2n) is 4.91. The molecule has 0 aromatic carbocycles. The Kier molecular flexibility index (Phi) is 3.99. The maximum Gasteiger partial charge on any atom is 0.351 e. The summed E-state index contributed by atoms with van der Waals surface area (Å²) in [5.41, 5.74) is 0.612. The molecule has 1 aromatic heterocycles. The van der Waals surface area contributed by atoms with E-state index in [1.54, 1.807) is 0 Å². The van der Waals surface area contributed by atoms with Gasteiger partial charge in [-0.05, 0) is 0 Å². The van der Waals surface area contributed by atoms with E-state index in [0.717, 1.165) is 25.1 Å². The number of hydrogen-bond donors (Lipinski definition) is 3. The third-order valence-corrected chi connectivity index (χ3v) is 4.75. The van der Waals surface area contributed by atoms with Gasteiger partial charge in [-0.15, -0.1) is 11.8 Å². The van der Waals surface area contributed by atoms with Crippen LogP contribution in [0.3, 0.4) is 0 Å². The van der Waals surface area contributed by atoms with Gasteiger partial charge in [-0.25, -0.2) is 14.6 Å². The lowest BCUT2D eigenvalue weighted by Gasteiger charge is -2.13. The average Bonchev–Trinajstić information content (AvgIpc) is 2.77. The van der Waals surface area contributed by atoms with E-state index in [2.05, 4.69) is 15.3 Å². The van der Waals surface area contributed by atoms with Crippen LogP contribution in [0.5, 0.6) is 0 Å². The van der Waals surface area contributed by atoms with Gasteiger partial charge in [0.2, 0.25) is 0 Å². The fourth-order valence-electron chi connectivity index (χ4n) is 2.37. The van der Waals surface area contributed by atoms with Crippen LogP contribution >= 0.6 is 11.8 Å². The van der Waals surface area contributed by atoms with Gasteiger partial charge in [0.15, 0.2) is 0 Å². The summed E-state index contributed by atoms with van der Waals surface area (Å²) in [6.07, 6.45) is 2.98. The Morgan fingerprint density at radius 1 is 1.36 bits per heavy atom.